The predicted molar refractivity (Wildman–Crippen MR) is 57.1 cm³/mol. The first-order chi connectivity index (χ1) is 6.86. The van der Waals surface area contributed by atoms with E-state index in [0.717, 1.165) is 19.4 Å². The molecule has 78 valence electrons. The van der Waals surface area contributed by atoms with Crippen LogP contribution < -0.4 is 0 Å². The van der Waals surface area contributed by atoms with Crippen molar-refractivity contribution < 1.29 is 25.6 Å². The predicted octanol–water partition coefficient (Wildman–Crippen LogP) is 3.82. The molecule has 1 fully saturated rings. The molecule has 0 aromatic heterocycles. The van der Waals surface area contributed by atoms with Gasteiger partial charge in [0.15, 0.2) is 0 Å². The summed E-state index contributed by atoms with van der Waals surface area (Å²) >= 11 is -0.826. The van der Waals surface area contributed by atoms with Crippen molar-refractivity contribution in [3.8, 4) is 0 Å². The third-order valence-corrected chi connectivity index (χ3v) is 2.36. The van der Waals surface area contributed by atoms with Crippen LogP contribution in [0.3, 0.4) is 0 Å². The molecule has 14 heavy (non-hydrogen) atoms. The summed E-state index contributed by atoms with van der Waals surface area (Å²) in [7, 11) is 9.87. The Hall–Kier alpha value is 0.903. The van der Waals surface area contributed by atoms with E-state index in [1.165, 1.54) is 18.4 Å². The molecule has 0 amide bonds. The molecule has 2 aliphatic rings. The van der Waals surface area contributed by atoms with Gasteiger partial charge in [-0.25, -0.2) is 0 Å². The number of ether oxygens (including phenoxy) is 1. The number of hydrogen-bond donors (Lipinski definition) is 0. The number of hydrogen-bond acceptors (Lipinski definition) is 1. The molecule has 4 heteroatoms. The molecular formula is C10H14Cl2OZr. The average Bonchev–Trinajstić information content (AvgIpc) is 2.79. The first-order valence-electron chi connectivity index (χ1n) is 4.79. The van der Waals surface area contributed by atoms with Crippen LogP contribution in [-0.4, -0.2) is 12.7 Å². The van der Waals surface area contributed by atoms with E-state index in [1.807, 2.05) is 0 Å². The molecule has 0 spiro atoms. The van der Waals surface area contributed by atoms with Gasteiger partial charge in [0, 0.05) is 6.61 Å². The Morgan fingerprint density at radius 2 is 2.29 bits per heavy atom. The van der Waals surface area contributed by atoms with Crippen molar-refractivity contribution in [1.29, 1.82) is 0 Å². The van der Waals surface area contributed by atoms with E-state index in [-0.39, 0.29) is 0 Å². The van der Waals surface area contributed by atoms with Crippen LogP contribution in [-0.2, 0) is 25.6 Å². The van der Waals surface area contributed by atoms with Crippen molar-refractivity contribution in [1.82, 2.24) is 0 Å². The summed E-state index contributed by atoms with van der Waals surface area (Å²) in [6.07, 6.45) is 11.9. The Bertz CT molecular complexity index is 210. The standard InChI is InChI=1S/C10H14O.2ClH.Zr/c1-2-5-9(4-1)8-10-6-3-7-11-10;;;/h1-2,4,10H,3,5-8H2;2*1H;/q;;;+2/p-2. The van der Waals surface area contributed by atoms with Gasteiger partial charge >= 0.3 is 37.9 Å². The van der Waals surface area contributed by atoms with Crippen molar-refractivity contribution in [3.05, 3.63) is 23.8 Å². The molecule has 1 nitrogen and oxygen atoms in total. The van der Waals surface area contributed by atoms with Crippen molar-refractivity contribution >= 4 is 17.0 Å². The van der Waals surface area contributed by atoms with Gasteiger partial charge in [0.2, 0.25) is 0 Å². The van der Waals surface area contributed by atoms with Crippen LogP contribution in [0.25, 0.3) is 0 Å². The van der Waals surface area contributed by atoms with E-state index in [4.69, 9.17) is 21.8 Å². The molecule has 1 unspecified atom stereocenters. The molecule has 2 rings (SSSR count). The molecule has 1 heterocycles. The molecule has 1 aliphatic carbocycles. The molecule has 1 saturated heterocycles. The second-order valence-electron chi connectivity index (χ2n) is 3.37. The SMILES string of the molecule is C1=CCC(CC2CCCO2)=C1.[Cl][Zr][Cl]. The van der Waals surface area contributed by atoms with Gasteiger partial charge in [-0.3, -0.25) is 0 Å². The fraction of sp³-hybridized carbons (Fsp3) is 0.600. The molecule has 0 N–H and O–H groups in total. The molecule has 0 aromatic carbocycles. The van der Waals surface area contributed by atoms with E-state index in [1.54, 1.807) is 0 Å². The number of rotatable bonds is 2. The van der Waals surface area contributed by atoms with E-state index >= 15 is 0 Å². The summed E-state index contributed by atoms with van der Waals surface area (Å²) in [5.74, 6) is 0. The first-order valence-corrected chi connectivity index (χ1v) is 11.1. The molecule has 0 saturated carbocycles. The van der Waals surface area contributed by atoms with E-state index in [0.29, 0.717) is 6.10 Å². The van der Waals surface area contributed by atoms with E-state index in [2.05, 4.69) is 18.2 Å². The average molecular weight is 312 g/mol. The zero-order valence-corrected chi connectivity index (χ0v) is 12.0. The summed E-state index contributed by atoms with van der Waals surface area (Å²) in [4.78, 5) is 0. The van der Waals surface area contributed by atoms with Crippen molar-refractivity contribution in [2.24, 2.45) is 0 Å². The van der Waals surface area contributed by atoms with Gasteiger partial charge < -0.3 is 4.74 Å². The number of halogens is 2. The summed E-state index contributed by atoms with van der Waals surface area (Å²) in [5.41, 5.74) is 1.54. The summed E-state index contributed by atoms with van der Waals surface area (Å²) in [6, 6.07) is 0. The third-order valence-electron chi connectivity index (χ3n) is 2.36. The van der Waals surface area contributed by atoms with Crippen LogP contribution in [0.4, 0.5) is 0 Å². The van der Waals surface area contributed by atoms with Crippen molar-refractivity contribution in [3.63, 3.8) is 0 Å². The second-order valence-corrected chi connectivity index (χ2v) is 7.10. The summed E-state index contributed by atoms with van der Waals surface area (Å²) < 4.78 is 5.55. The zero-order chi connectivity index (χ0) is 10.2. The van der Waals surface area contributed by atoms with Crippen LogP contribution >= 0.6 is 17.0 Å². The van der Waals surface area contributed by atoms with E-state index < -0.39 is 20.8 Å². The van der Waals surface area contributed by atoms with Gasteiger partial charge in [-0.2, -0.15) is 0 Å². The normalized spacial score (nSPS) is 24.1. The molecular weight excluding hydrogens is 298 g/mol. The Labute approximate surface area is 104 Å². The Balaban J connectivity index is 0.000000293. The summed E-state index contributed by atoms with van der Waals surface area (Å²) in [6.45, 7) is 0.978. The van der Waals surface area contributed by atoms with Gasteiger partial charge in [-0.15, -0.1) is 0 Å². The molecule has 1 aliphatic heterocycles. The topological polar surface area (TPSA) is 9.23 Å². The Morgan fingerprint density at radius 1 is 1.50 bits per heavy atom. The van der Waals surface area contributed by atoms with E-state index in [9.17, 15) is 0 Å². The zero-order valence-electron chi connectivity index (χ0n) is 8.01. The molecule has 0 aromatic rings. The number of allylic oxidation sites excluding steroid dienone is 3. The Morgan fingerprint density at radius 3 is 2.79 bits per heavy atom. The van der Waals surface area contributed by atoms with Crippen LogP contribution in [0.5, 0.6) is 0 Å². The van der Waals surface area contributed by atoms with Gasteiger partial charge in [0.25, 0.3) is 0 Å². The van der Waals surface area contributed by atoms with Gasteiger partial charge in [-0.05, 0) is 25.7 Å². The minimum atomic E-state index is -0.826. The van der Waals surface area contributed by atoms with Gasteiger partial charge in [-0.1, -0.05) is 23.8 Å². The molecule has 0 bridgehead atoms. The third kappa shape index (κ3) is 5.12. The van der Waals surface area contributed by atoms with Crippen molar-refractivity contribution in [2.75, 3.05) is 6.61 Å². The van der Waals surface area contributed by atoms with Gasteiger partial charge in [0.05, 0.1) is 6.10 Å². The fourth-order valence-corrected chi connectivity index (χ4v) is 1.74. The summed E-state index contributed by atoms with van der Waals surface area (Å²) in [5, 5.41) is 0. The first kappa shape index (κ1) is 13.0. The minimum absolute atomic E-state index is 0.529. The van der Waals surface area contributed by atoms with Crippen LogP contribution in [0.15, 0.2) is 23.8 Å². The molecule has 1 atom stereocenters. The Kier molecular flexibility index (Phi) is 7.51. The fourth-order valence-electron chi connectivity index (χ4n) is 1.74. The maximum atomic E-state index is 5.55. The van der Waals surface area contributed by atoms with Crippen LogP contribution in [0.2, 0.25) is 0 Å². The van der Waals surface area contributed by atoms with Gasteiger partial charge in [0.1, 0.15) is 0 Å². The second kappa shape index (κ2) is 8.10. The van der Waals surface area contributed by atoms with Crippen LogP contribution in [0, 0.1) is 0 Å². The quantitative estimate of drug-likeness (QED) is 0.753. The monoisotopic (exact) mass is 310 g/mol. The maximum absolute atomic E-state index is 5.55. The molecule has 0 radical (unpaired) electrons. The van der Waals surface area contributed by atoms with Crippen molar-refractivity contribution in [2.45, 2.75) is 31.8 Å². The van der Waals surface area contributed by atoms with Crippen LogP contribution in [0.1, 0.15) is 25.7 Å².